The van der Waals surface area contributed by atoms with E-state index in [9.17, 15) is 5.11 Å². The summed E-state index contributed by atoms with van der Waals surface area (Å²) in [6.45, 7) is 2.03. The summed E-state index contributed by atoms with van der Waals surface area (Å²) in [4.78, 5) is 12.4. The standard InChI is InChI=1S/C13H16N6O/c1-2-3-9(7-20)17-12-11-10(18-13(15)19-12)4-8(5-14)6-16-11/h4,6,9,20H,2-3,7H2,1H3,(H3,15,17,18,19)/t9-/m0/s1. The summed E-state index contributed by atoms with van der Waals surface area (Å²) >= 11 is 0. The number of aromatic nitrogens is 3. The second kappa shape index (κ2) is 6.12. The molecule has 0 saturated heterocycles. The summed E-state index contributed by atoms with van der Waals surface area (Å²) in [5.74, 6) is 0.578. The molecule has 7 nitrogen and oxygen atoms in total. The van der Waals surface area contributed by atoms with Crippen LogP contribution in [0.3, 0.4) is 0 Å². The Morgan fingerprint density at radius 1 is 1.50 bits per heavy atom. The Morgan fingerprint density at radius 2 is 2.30 bits per heavy atom. The van der Waals surface area contributed by atoms with Crippen LogP contribution in [0.1, 0.15) is 25.3 Å². The number of nitrogens with zero attached hydrogens (tertiary/aromatic N) is 4. The first-order chi connectivity index (χ1) is 9.67. The zero-order valence-corrected chi connectivity index (χ0v) is 11.2. The van der Waals surface area contributed by atoms with E-state index in [4.69, 9.17) is 11.0 Å². The molecule has 7 heteroatoms. The fraction of sp³-hybridized carbons (Fsp3) is 0.385. The van der Waals surface area contributed by atoms with Gasteiger partial charge in [-0.25, -0.2) is 9.97 Å². The Bertz CT molecular complexity index is 651. The van der Waals surface area contributed by atoms with E-state index < -0.39 is 0 Å². The number of fused-ring (bicyclic) bond motifs is 1. The van der Waals surface area contributed by atoms with E-state index in [1.165, 1.54) is 6.20 Å². The molecule has 2 rings (SSSR count). The van der Waals surface area contributed by atoms with Gasteiger partial charge in [0.2, 0.25) is 5.95 Å². The van der Waals surface area contributed by atoms with Gasteiger partial charge in [0.05, 0.1) is 23.7 Å². The maximum atomic E-state index is 9.34. The highest BCUT2D eigenvalue weighted by Gasteiger charge is 2.13. The summed E-state index contributed by atoms with van der Waals surface area (Å²) in [6.07, 6.45) is 3.20. The third-order valence-corrected chi connectivity index (χ3v) is 2.88. The lowest BCUT2D eigenvalue weighted by molar-refractivity contribution is 0.268. The second-order valence-electron chi connectivity index (χ2n) is 4.45. The molecule has 1 atom stereocenters. The van der Waals surface area contributed by atoms with Crippen LogP contribution in [0.15, 0.2) is 12.3 Å². The van der Waals surface area contributed by atoms with Gasteiger partial charge in [0.15, 0.2) is 5.82 Å². The molecule has 0 aliphatic heterocycles. The van der Waals surface area contributed by atoms with Gasteiger partial charge in [0, 0.05) is 6.20 Å². The van der Waals surface area contributed by atoms with Crippen molar-refractivity contribution in [1.82, 2.24) is 15.0 Å². The Labute approximate surface area is 116 Å². The number of hydrogen-bond acceptors (Lipinski definition) is 7. The zero-order chi connectivity index (χ0) is 14.5. The Kier molecular flexibility index (Phi) is 4.27. The van der Waals surface area contributed by atoms with Crippen molar-refractivity contribution >= 4 is 22.8 Å². The van der Waals surface area contributed by atoms with Gasteiger partial charge in [-0.05, 0) is 12.5 Å². The molecule has 20 heavy (non-hydrogen) atoms. The third kappa shape index (κ3) is 2.92. The number of anilines is 2. The molecule has 2 aromatic rings. The number of nitrogens with one attached hydrogen (secondary N) is 1. The largest absolute Gasteiger partial charge is 0.394 e. The van der Waals surface area contributed by atoms with Gasteiger partial charge < -0.3 is 16.2 Å². The van der Waals surface area contributed by atoms with Crippen LogP contribution in [0, 0.1) is 11.3 Å². The first-order valence-corrected chi connectivity index (χ1v) is 6.38. The molecule has 0 unspecified atom stereocenters. The highest BCUT2D eigenvalue weighted by atomic mass is 16.3. The molecule has 4 N–H and O–H groups in total. The van der Waals surface area contributed by atoms with Crippen LogP contribution < -0.4 is 11.1 Å². The van der Waals surface area contributed by atoms with Crippen molar-refractivity contribution in [3.05, 3.63) is 17.8 Å². The number of aliphatic hydroxyl groups is 1. The summed E-state index contributed by atoms with van der Waals surface area (Å²) in [6, 6.07) is 3.50. The van der Waals surface area contributed by atoms with Gasteiger partial charge in [-0.15, -0.1) is 0 Å². The number of hydrogen-bond donors (Lipinski definition) is 3. The molecule has 0 fully saturated rings. The second-order valence-corrected chi connectivity index (χ2v) is 4.45. The van der Waals surface area contributed by atoms with Crippen LogP contribution in [0.2, 0.25) is 0 Å². The maximum absolute atomic E-state index is 9.34. The van der Waals surface area contributed by atoms with Crippen LogP contribution in [0.5, 0.6) is 0 Å². The fourth-order valence-electron chi connectivity index (χ4n) is 1.95. The molecule has 0 radical (unpaired) electrons. The van der Waals surface area contributed by atoms with Crippen LogP contribution >= 0.6 is 0 Å². The minimum absolute atomic E-state index is 0.00444. The highest BCUT2D eigenvalue weighted by Crippen LogP contribution is 2.21. The molecule has 0 aliphatic rings. The van der Waals surface area contributed by atoms with Gasteiger partial charge in [0.25, 0.3) is 0 Å². The maximum Gasteiger partial charge on any atom is 0.222 e. The van der Waals surface area contributed by atoms with Crippen molar-refractivity contribution < 1.29 is 5.11 Å². The topological polar surface area (TPSA) is 121 Å². The molecule has 104 valence electrons. The molecule has 0 amide bonds. The van der Waals surface area contributed by atoms with Crippen molar-refractivity contribution in [2.24, 2.45) is 0 Å². The van der Waals surface area contributed by atoms with E-state index in [1.807, 2.05) is 13.0 Å². The smallest absolute Gasteiger partial charge is 0.222 e. The van der Waals surface area contributed by atoms with Gasteiger partial charge in [-0.2, -0.15) is 10.2 Å². The molecule has 0 bridgehead atoms. The Morgan fingerprint density at radius 3 is 2.95 bits per heavy atom. The average Bonchev–Trinajstić information content (AvgIpc) is 2.45. The minimum atomic E-state index is -0.116. The molecular formula is C13H16N6O. The number of rotatable bonds is 5. The third-order valence-electron chi connectivity index (χ3n) is 2.88. The molecule has 0 aliphatic carbocycles. The summed E-state index contributed by atoms with van der Waals surface area (Å²) in [5, 5.41) is 21.3. The number of nitrogens with two attached hydrogens (primary N) is 1. The molecule has 2 heterocycles. The molecule has 0 saturated carbocycles. The summed E-state index contributed by atoms with van der Waals surface area (Å²) in [5.41, 5.74) is 7.12. The number of aliphatic hydroxyl groups excluding tert-OH is 1. The fourth-order valence-corrected chi connectivity index (χ4v) is 1.95. The van der Waals surface area contributed by atoms with Gasteiger partial charge in [-0.1, -0.05) is 13.3 Å². The molecular weight excluding hydrogens is 256 g/mol. The zero-order valence-electron chi connectivity index (χ0n) is 11.2. The van der Waals surface area contributed by atoms with Crippen molar-refractivity contribution in [2.45, 2.75) is 25.8 Å². The number of nitriles is 1. The highest BCUT2D eigenvalue weighted by molar-refractivity contribution is 5.86. The average molecular weight is 272 g/mol. The Balaban J connectivity index is 2.44. The quantitative estimate of drug-likeness (QED) is 0.743. The molecule has 0 spiro atoms. The molecule has 0 aromatic carbocycles. The van der Waals surface area contributed by atoms with Crippen molar-refractivity contribution in [2.75, 3.05) is 17.7 Å². The lowest BCUT2D eigenvalue weighted by Gasteiger charge is -2.17. The van der Waals surface area contributed by atoms with E-state index in [1.54, 1.807) is 6.07 Å². The lowest BCUT2D eigenvalue weighted by atomic mass is 10.2. The van der Waals surface area contributed by atoms with Crippen molar-refractivity contribution in [3.63, 3.8) is 0 Å². The van der Waals surface area contributed by atoms with Crippen LogP contribution in [-0.4, -0.2) is 32.7 Å². The predicted octanol–water partition coefficient (Wildman–Crippen LogP) is 1.05. The van der Waals surface area contributed by atoms with Gasteiger partial charge >= 0.3 is 0 Å². The van der Waals surface area contributed by atoms with E-state index in [-0.39, 0.29) is 18.6 Å². The predicted molar refractivity (Wildman–Crippen MR) is 75.9 cm³/mol. The van der Waals surface area contributed by atoms with E-state index in [2.05, 4.69) is 20.3 Å². The summed E-state index contributed by atoms with van der Waals surface area (Å²) in [7, 11) is 0. The monoisotopic (exact) mass is 272 g/mol. The number of nitrogen functional groups attached to an aromatic ring is 1. The first kappa shape index (κ1) is 14.0. The minimum Gasteiger partial charge on any atom is -0.394 e. The normalized spacial score (nSPS) is 12.1. The number of pyridine rings is 1. The van der Waals surface area contributed by atoms with Crippen molar-refractivity contribution in [1.29, 1.82) is 5.26 Å². The molecule has 2 aromatic heterocycles. The van der Waals surface area contributed by atoms with Gasteiger partial charge in [-0.3, -0.25) is 0 Å². The van der Waals surface area contributed by atoms with E-state index >= 15 is 0 Å². The first-order valence-electron chi connectivity index (χ1n) is 6.38. The van der Waals surface area contributed by atoms with Gasteiger partial charge in [0.1, 0.15) is 11.6 Å². The van der Waals surface area contributed by atoms with Crippen LogP contribution in [0.4, 0.5) is 11.8 Å². The van der Waals surface area contributed by atoms with E-state index in [0.29, 0.717) is 22.4 Å². The van der Waals surface area contributed by atoms with E-state index in [0.717, 1.165) is 12.8 Å². The Hall–Kier alpha value is -2.46. The van der Waals surface area contributed by atoms with Crippen LogP contribution in [-0.2, 0) is 0 Å². The van der Waals surface area contributed by atoms with Crippen LogP contribution in [0.25, 0.3) is 11.0 Å². The van der Waals surface area contributed by atoms with Crippen molar-refractivity contribution in [3.8, 4) is 6.07 Å². The summed E-state index contributed by atoms with van der Waals surface area (Å²) < 4.78 is 0. The lowest BCUT2D eigenvalue weighted by Crippen LogP contribution is -2.24. The SMILES string of the molecule is CCC[C@@H](CO)Nc1nc(N)nc2cc(C#N)cnc12.